The molecule has 0 radical (unpaired) electrons. The van der Waals surface area contributed by atoms with E-state index >= 15 is 0 Å². The summed E-state index contributed by atoms with van der Waals surface area (Å²) < 4.78 is 9.55. The summed E-state index contributed by atoms with van der Waals surface area (Å²) >= 11 is 12.7. The molecule has 1 aliphatic rings. The Morgan fingerprint density at radius 2 is 2.00 bits per heavy atom. The molecular weight excluding hydrogens is 459 g/mol. The van der Waals surface area contributed by atoms with Gasteiger partial charge in [0.25, 0.3) is 0 Å². The van der Waals surface area contributed by atoms with Gasteiger partial charge in [-0.25, -0.2) is 9.67 Å². The predicted octanol–water partition coefficient (Wildman–Crippen LogP) is 6.15. The Morgan fingerprint density at radius 3 is 2.76 bits per heavy atom. The number of halogens is 2. The van der Waals surface area contributed by atoms with Gasteiger partial charge < -0.3 is 14.6 Å². The fourth-order valence-corrected chi connectivity index (χ4v) is 4.84. The zero-order valence-corrected chi connectivity index (χ0v) is 19.9. The highest BCUT2D eigenvalue weighted by atomic mass is 35.5. The molecular formula is C24H24Cl2N6O. The molecule has 1 atom stereocenters. The second-order valence-corrected chi connectivity index (χ2v) is 9.01. The first-order valence-electron chi connectivity index (χ1n) is 10.9. The van der Waals surface area contributed by atoms with E-state index in [0.29, 0.717) is 16.0 Å². The Labute approximate surface area is 202 Å². The van der Waals surface area contributed by atoms with Gasteiger partial charge in [-0.15, -0.1) is 5.10 Å². The van der Waals surface area contributed by atoms with Crippen LogP contribution in [0.25, 0.3) is 5.69 Å². The third-order valence-electron chi connectivity index (χ3n) is 5.89. The fourth-order valence-electron chi connectivity index (χ4n) is 4.30. The van der Waals surface area contributed by atoms with Crippen molar-refractivity contribution in [2.24, 2.45) is 0 Å². The Balaban J connectivity index is 1.45. The number of hydrogen-bond acceptors (Lipinski definition) is 5. The number of fused-ring (bicyclic) bond motifs is 1. The summed E-state index contributed by atoms with van der Waals surface area (Å²) in [6.07, 6.45) is 6.83. The number of nitrogens with zero attached hydrogens (tertiary/aromatic N) is 5. The number of aryl methyl sites for hydroxylation is 2. The zero-order valence-electron chi connectivity index (χ0n) is 18.4. The molecule has 7 nitrogen and oxygen atoms in total. The molecule has 0 fully saturated rings. The van der Waals surface area contributed by atoms with Crippen molar-refractivity contribution in [2.75, 3.05) is 12.4 Å². The molecule has 0 amide bonds. The molecule has 1 N–H and O–H groups in total. The molecule has 0 saturated carbocycles. The van der Waals surface area contributed by atoms with Gasteiger partial charge in [-0.1, -0.05) is 35.7 Å². The maximum atomic E-state index is 6.54. The summed E-state index contributed by atoms with van der Waals surface area (Å²) in [4.78, 5) is 9.16. The van der Waals surface area contributed by atoms with Crippen molar-refractivity contribution in [3.63, 3.8) is 0 Å². The van der Waals surface area contributed by atoms with E-state index in [0.717, 1.165) is 60.0 Å². The molecule has 0 aliphatic carbocycles. The van der Waals surface area contributed by atoms with Gasteiger partial charge in [0.2, 0.25) is 5.95 Å². The molecule has 1 unspecified atom stereocenters. The third-order valence-corrected chi connectivity index (χ3v) is 6.45. The smallest absolute Gasteiger partial charge is 0.246 e. The third kappa shape index (κ3) is 4.43. The van der Waals surface area contributed by atoms with Crippen molar-refractivity contribution in [1.82, 2.24) is 24.3 Å². The minimum Gasteiger partial charge on any atom is -0.494 e. The van der Waals surface area contributed by atoms with E-state index in [2.05, 4.69) is 10.3 Å². The van der Waals surface area contributed by atoms with E-state index in [1.165, 1.54) is 0 Å². The number of methoxy groups -OCH3 is 1. The minimum atomic E-state index is 0.0710. The number of imidazole rings is 1. The number of hydrogen-bond donors (Lipinski definition) is 1. The second-order valence-electron chi connectivity index (χ2n) is 8.16. The van der Waals surface area contributed by atoms with Gasteiger partial charge in [0.1, 0.15) is 11.6 Å². The lowest BCUT2D eigenvalue weighted by molar-refractivity contribution is 0.413. The van der Waals surface area contributed by atoms with Gasteiger partial charge in [-0.3, -0.25) is 0 Å². The SMILES string of the molecule is COc1cc(Nc2nc3n(n2)CCCCC3c2ccc(Cl)cc2Cl)ccc1-n1cnc(C)c1. The van der Waals surface area contributed by atoms with Crippen molar-refractivity contribution in [3.8, 4) is 11.4 Å². The average Bonchev–Trinajstić information content (AvgIpc) is 3.35. The van der Waals surface area contributed by atoms with E-state index in [9.17, 15) is 0 Å². The lowest BCUT2D eigenvalue weighted by Gasteiger charge is -2.16. The molecule has 2 aromatic carbocycles. The van der Waals surface area contributed by atoms with Gasteiger partial charge in [-0.05, 0) is 49.6 Å². The maximum absolute atomic E-state index is 6.54. The predicted molar refractivity (Wildman–Crippen MR) is 130 cm³/mol. The molecule has 4 aromatic rings. The van der Waals surface area contributed by atoms with Crippen molar-refractivity contribution in [1.29, 1.82) is 0 Å². The van der Waals surface area contributed by atoms with E-state index in [1.807, 2.05) is 52.7 Å². The topological polar surface area (TPSA) is 69.8 Å². The summed E-state index contributed by atoms with van der Waals surface area (Å²) in [5.74, 6) is 2.26. The lowest BCUT2D eigenvalue weighted by Crippen LogP contribution is -2.09. The van der Waals surface area contributed by atoms with Crippen molar-refractivity contribution >= 4 is 34.8 Å². The van der Waals surface area contributed by atoms with Gasteiger partial charge >= 0.3 is 0 Å². The van der Waals surface area contributed by atoms with Crippen LogP contribution in [0.3, 0.4) is 0 Å². The lowest BCUT2D eigenvalue weighted by atomic mass is 9.93. The second kappa shape index (κ2) is 9.08. The number of benzene rings is 2. The van der Waals surface area contributed by atoms with Crippen LogP contribution in [0.2, 0.25) is 10.0 Å². The number of anilines is 2. The normalized spacial score (nSPS) is 15.7. The van der Waals surface area contributed by atoms with Crippen LogP contribution in [-0.2, 0) is 6.54 Å². The number of rotatable bonds is 5. The fraction of sp³-hybridized carbons (Fsp3) is 0.292. The monoisotopic (exact) mass is 482 g/mol. The molecule has 0 bridgehead atoms. The van der Waals surface area contributed by atoms with E-state index in [-0.39, 0.29) is 5.92 Å². The zero-order chi connectivity index (χ0) is 22.9. The van der Waals surface area contributed by atoms with Crippen LogP contribution in [-0.4, -0.2) is 31.4 Å². The number of ether oxygens (including phenoxy) is 1. The molecule has 0 spiro atoms. The van der Waals surface area contributed by atoms with Crippen LogP contribution >= 0.6 is 23.2 Å². The molecule has 5 rings (SSSR count). The Kier molecular flexibility index (Phi) is 6.00. The summed E-state index contributed by atoms with van der Waals surface area (Å²) in [5.41, 5.74) is 3.73. The van der Waals surface area contributed by atoms with Gasteiger partial charge in [-0.2, -0.15) is 4.98 Å². The van der Waals surface area contributed by atoms with Crippen LogP contribution in [0.4, 0.5) is 11.6 Å². The van der Waals surface area contributed by atoms with Crippen molar-refractivity contribution in [2.45, 2.75) is 38.6 Å². The van der Waals surface area contributed by atoms with Crippen LogP contribution in [0, 0.1) is 6.92 Å². The highest BCUT2D eigenvalue weighted by Gasteiger charge is 2.26. The standard InChI is InChI=1S/C24H24Cl2N6O/c1-15-13-31(14-27-15)21-9-7-17(12-22(21)33-2)28-24-29-23-19(5-3-4-10-32(23)30-24)18-8-6-16(25)11-20(18)26/h6-9,11-14,19H,3-5,10H2,1-2H3,(H,28,30). The van der Waals surface area contributed by atoms with Crippen molar-refractivity contribution in [3.05, 3.63) is 76.0 Å². The van der Waals surface area contributed by atoms with E-state index in [1.54, 1.807) is 19.5 Å². The number of nitrogens with one attached hydrogen (secondary N) is 1. The highest BCUT2D eigenvalue weighted by Crippen LogP contribution is 2.37. The molecule has 170 valence electrons. The van der Waals surface area contributed by atoms with Crippen molar-refractivity contribution < 1.29 is 4.74 Å². The summed E-state index contributed by atoms with van der Waals surface area (Å²) in [5, 5.41) is 9.36. The molecule has 1 aliphatic heterocycles. The molecule has 3 heterocycles. The molecule has 33 heavy (non-hydrogen) atoms. The Hall–Kier alpha value is -3.03. The summed E-state index contributed by atoms with van der Waals surface area (Å²) in [6, 6.07) is 11.6. The van der Waals surface area contributed by atoms with Crippen LogP contribution in [0.15, 0.2) is 48.9 Å². The Bertz CT molecular complexity index is 1300. The average molecular weight is 483 g/mol. The van der Waals surface area contributed by atoms with Crippen LogP contribution in [0.5, 0.6) is 5.75 Å². The summed E-state index contributed by atoms with van der Waals surface area (Å²) in [7, 11) is 1.66. The summed E-state index contributed by atoms with van der Waals surface area (Å²) in [6.45, 7) is 2.78. The molecule has 9 heteroatoms. The van der Waals surface area contributed by atoms with Crippen LogP contribution in [0.1, 0.15) is 42.3 Å². The van der Waals surface area contributed by atoms with E-state index in [4.69, 9.17) is 38.0 Å². The van der Waals surface area contributed by atoms with Gasteiger partial charge in [0.05, 0.1) is 24.8 Å². The molecule has 0 saturated heterocycles. The maximum Gasteiger partial charge on any atom is 0.246 e. The first-order valence-corrected chi connectivity index (χ1v) is 11.6. The van der Waals surface area contributed by atoms with Gasteiger partial charge in [0, 0.05) is 40.5 Å². The highest BCUT2D eigenvalue weighted by molar-refractivity contribution is 6.35. The molecule has 2 aromatic heterocycles. The van der Waals surface area contributed by atoms with Crippen LogP contribution < -0.4 is 10.1 Å². The van der Waals surface area contributed by atoms with Gasteiger partial charge in [0.15, 0.2) is 0 Å². The first kappa shape index (κ1) is 21.8. The quantitative estimate of drug-likeness (QED) is 0.369. The minimum absolute atomic E-state index is 0.0710. The van der Waals surface area contributed by atoms with E-state index < -0.39 is 0 Å². The first-order chi connectivity index (χ1) is 16.0. The largest absolute Gasteiger partial charge is 0.494 e. The number of aromatic nitrogens is 5. The Morgan fingerprint density at radius 1 is 1.12 bits per heavy atom.